The van der Waals surface area contributed by atoms with Crippen molar-refractivity contribution in [1.82, 2.24) is 0 Å². The second kappa shape index (κ2) is 7.12. The van der Waals surface area contributed by atoms with Gasteiger partial charge >= 0.3 is 5.97 Å². The number of rotatable bonds is 6. The van der Waals surface area contributed by atoms with Gasteiger partial charge in [-0.05, 0) is 30.2 Å². The van der Waals surface area contributed by atoms with Crippen LogP contribution in [0.5, 0.6) is 0 Å². The van der Waals surface area contributed by atoms with Crippen molar-refractivity contribution in [3.8, 4) is 0 Å². The van der Waals surface area contributed by atoms with Gasteiger partial charge in [0.25, 0.3) is 0 Å². The van der Waals surface area contributed by atoms with Crippen molar-refractivity contribution in [1.29, 1.82) is 0 Å². The molecule has 0 saturated heterocycles. The molecule has 5 heteroatoms. The van der Waals surface area contributed by atoms with Crippen LogP contribution in [0.3, 0.4) is 0 Å². The molecule has 100 valence electrons. The van der Waals surface area contributed by atoms with Gasteiger partial charge < -0.3 is 10.2 Å². The second-order valence-corrected chi connectivity index (χ2v) is 5.49. The van der Waals surface area contributed by atoms with E-state index in [1.807, 2.05) is 6.92 Å². The predicted octanol–water partition coefficient (Wildman–Crippen LogP) is 4.03. The van der Waals surface area contributed by atoms with E-state index >= 15 is 0 Å². The number of hydrogen-bond acceptors (Lipinski definition) is 2. The number of aliphatic carboxylic acids is 1. The molecule has 3 nitrogen and oxygen atoms in total. The molecule has 0 fully saturated rings. The minimum atomic E-state index is -1.05. The number of carboxylic acid groups (broad SMARTS) is 1. The highest BCUT2D eigenvalue weighted by Gasteiger charge is 2.28. The Bertz CT molecular complexity index is 423. The van der Waals surface area contributed by atoms with E-state index in [2.05, 4.69) is 15.9 Å². The van der Waals surface area contributed by atoms with Gasteiger partial charge in [0.05, 0.1) is 12.0 Å². The minimum absolute atomic E-state index is 0.450. The van der Waals surface area contributed by atoms with E-state index < -0.39 is 18.0 Å². The van der Waals surface area contributed by atoms with E-state index in [1.165, 1.54) is 0 Å². The molecule has 0 aliphatic heterocycles. The van der Waals surface area contributed by atoms with Crippen LogP contribution in [0.15, 0.2) is 22.7 Å². The molecule has 2 atom stereocenters. The van der Waals surface area contributed by atoms with Gasteiger partial charge in [0, 0.05) is 9.50 Å². The Labute approximate surface area is 120 Å². The summed E-state index contributed by atoms with van der Waals surface area (Å²) in [4.78, 5) is 11.2. The standard InChI is InChI=1S/C13H16BrClO3/c1-2-3-4-9(13(17)18)12(16)10-7-8(15)5-6-11(10)14/h5-7,9,12,16H,2-4H2,1H3,(H,17,18). The van der Waals surface area contributed by atoms with Crippen molar-refractivity contribution in [2.24, 2.45) is 5.92 Å². The van der Waals surface area contributed by atoms with Crippen LogP contribution >= 0.6 is 27.5 Å². The molecule has 0 aliphatic carbocycles. The van der Waals surface area contributed by atoms with Crippen LogP contribution in [0.4, 0.5) is 0 Å². The highest BCUT2D eigenvalue weighted by Crippen LogP contribution is 2.33. The van der Waals surface area contributed by atoms with Crippen molar-refractivity contribution in [2.75, 3.05) is 0 Å². The van der Waals surface area contributed by atoms with Gasteiger partial charge in [0.15, 0.2) is 0 Å². The summed E-state index contributed by atoms with van der Waals surface area (Å²) in [6, 6.07) is 4.99. The fourth-order valence-corrected chi connectivity index (χ4v) is 2.46. The van der Waals surface area contributed by atoms with Gasteiger partial charge in [-0.1, -0.05) is 47.3 Å². The number of carbonyl (C=O) groups is 1. The van der Waals surface area contributed by atoms with Crippen LogP contribution in [-0.2, 0) is 4.79 Å². The summed E-state index contributed by atoms with van der Waals surface area (Å²) >= 11 is 9.18. The lowest BCUT2D eigenvalue weighted by atomic mass is 9.91. The van der Waals surface area contributed by atoms with Crippen LogP contribution < -0.4 is 0 Å². The van der Waals surface area contributed by atoms with Gasteiger partial charge in [-0.25, -0.2) is 0 Å². The normalized spacial score (nSPS) is 14.2. The Morgan fingerprint density at radius 2 is 2.17 bits per heavy atom. The summed E-state index contributed by atoms with van der Waals surface area (Å²) in [7, 11) is 0. The Kier molecular flexibility index (Phi) is 6.12. The first-order valence-electron chi connectivity index (χ1n) is 5.83. The molecule has 0 bridgehead atoms. The summed E-state index contributed by atoms with van der Waals surface area (Å²) in [6.45, 7) is 1.99. The molecular weight excluding hydrogens is 319 g/mol. The zero-order valence-corrected chi connectivity index (χ0v) is 12.4. The highest BCUT2D eigenvalue weighted by atomic mass is 79.9. The van der Waals surface area contributed by atoms with Crippen molar-refractivity contribution in [3.05, 3.63) is 33.3 Å². The molecule has 0 radical (unpaired) electrons. The zero-order valence-electron chi connectivity index (χ0n) is 10.1. The quantitative estimate of drug-likeness (QED) is 0.825. The smallest absolute Gasteiger partial charge is 0.309 e. The number of hydrogen-bond donors (Lipinski definition) is 2. The zero-order chi connectivity index (χ0) is 13.7. The maximum atomic E-state index is 11.2. The van der Waals surface area contributed by atoms with Gasteiger partial charge in [-0.2, -0.15) is 0 Å². The van der Waals surface area contributed by atoms with Crippen LogP contribution in [0.2, 0.25) is 5.02 Å². The van der Waals surface area contributed by atoms with Crippen LogP contribution in [0, 0.1) is 5.92 Å². The molecule has 0 heterocycles. The maximum Gasteiger partial charge on any atom is 0.309 e. The average Bonchev–Trinajstić information content (AvgIpc) is 2.32. The van der Waals surface area contributed by atoms with Crippen molar-refractivity contribution < 1.29 is 15.0 Å². The molecule has 1 aromatic rings. The van der Waals surface area contributed by atoms with Crippen LogP contribution in [-0.4, -0.2) is 16.2 Å². The Balaban J connectivity index is 2.97. The SMILES string of the molecule is CCCCC(C(=O)O)C(O)c1cc(Cl)ccc1Br. The largest absolute Gasteiger partial charge is 0.481 e. The van der Waals surface area contributed by atoms with Crippen LogP contribution in [0.25, 0.3) is 0 Å². The molecule has 0 aliphatic rings. The fraction of sp³-hybridized carbons (Fsp3) is 0.462. The molecule has 0 spiro atoms. The highest BCUT2D eigenvalue weighted by molar-refractivity contribution is 9.10. The molecule has 2 unspecified atom stereocenters. The number of carboxylic acids is 1. The number of aliphatic hydroxyl groups is 1. The summed E-state index contributed by atoms with van der Waals surface area (Å²) in [6.07, 6.45) is 1.06. The Morgan fingerprint density at radius 1 is 1.50 bits per heavy atom. The summed E-state index contributed by atoms with van der Waals surface area (Å²) in [5.74, 6) is -1.79. The molecule has 1 rings (SSSR count). The predicted molar refractivity (Wildman–Crippen MR) is 74.8 cm³/mol. The van der Waals surface area contributed by atoms with E-state index in [9.17, 15) is 15.0 Å². The Hall–Kier alpha value is -0.580. The maximum absolute atomic E-state index is 11.2. The second-order valence-electron chi connectivity index (χ2n) is 4.20. The first-order valence-corrected chi connectivity index (χ1v) is 7.00. The molecule has 0 amide bonds. The van der Waals surface area contributed by atoms with Gasteiger partial charge in [-0.3, -0.25) is 4.79 Å². The fourth-order valence-electron chi connectivity index (χ4n) is 1.80. The van der Waals surface area contributed by atoms with Gasteiger partial charge in [0.2, 0.25) is 0 Å². The van der Waals surface area contributed by atoms with E-state index in [4.69, 9.17) is 11.6 Å². The lowest BCUT2D eigenvalue weighted by Crippen LogP contribution is -2.22. The van der Waals surface area contributed by atoms with E-state index in [0.717, 1.165) is 12.8 Å². The van der Waals surface area contributed by atoms with Crippen LogP contribution in [0.1, 0.15) is 37.9 Å². The molecular formula is C13H16BrClO3. The van der Waals surface area contributed by atoms with Crippen molar-refractivity contribution in [3.63, 3.8) is 0 Å². The van der Waals surface area contributed by atoms with Crippen molar-refractivity contribution >= 4 is 33.5 Å². The molecule has 0 aromatic heterocycles. The third kappa shape index (κ3) is 3.97. The van der Waals surface area contributed by atoms with E-state index in [-0.39, 0.29) is 0 Å². The number of halogens is 2. The van der Waals surface area contributed by atoms with E-state index in [0.29, 0.717) is 21.5 Å². The molecule has 2 N–H and O–H groups in total. The van der Waals surface area contributed by atoms with Gasteiger partial charge in [0.1, 0.15) is 0 Å². The van der Waals surface area contributed by atoms with E-state index in [1.54, 1.807) is 18.2 Å². The lowest BCUT2D eigenvalue weighted by Gasteiger charge is -2.20. The van der Waals surface area contributed by atoms with Gasteiger partial charge in [-0.15, -0.1) is 0 Å². The number of aliphatic hydroxyl groups excluding tert-OH is 1. The minimum Gasteiger partial charge on any atom is -0.481 e. The number of benzene rings is 1. The monoisotopic (exact) mass is 334 g/mol. The third-order valence-electron chi connectivity index (χ3n) is 2.84. The molecule has 0 saturated carbocycles. The molecule has 18 heavy (non-hydrogen) atoms. The Morgan fingerprint density at radius 3 is 2.72 bits per heavy atom. The summed E-state index contributed by atoms with van der Waals surface area (Å²) < 4.78 is 0.669. The first-order chi connectivity index (χ1) is 8.47. The summed E-state index contributed by atoms with van der Waals surface area (Å²) in [5.41, 5.74) is 0.519. The lowest BCUT2D eigenvalue weighted by molar-refractivity contribution is -0.146. The third-order valence-corrected chi connectivity index (χ3v) is 3.80. The topological polar surface area (TPSA) is 57.5 Å². The number of unbranched alkanes of at least 4 members (excludes halogenated alkanes) is 1. The summed E-state index contributed by atoms with van der Waals surface area (Å²) in [5, 5.41) is 19.9. The molecule has 1 aromatic carbocycles. The first kappa shape index (κ1) is 15.5. The van der Waals surface area contributed by atoms with Crippen molar-refractivity contribution in [2.45, 2.75) is 32.3 Å². The average molecular weight is 336 g/mol.